The predicted octanol–water partition coefficient (Wildman–Crippen LogP) is 2.42. The van der Waals surface area contributed by atoms with Gasteiger partial charge in [-0.3, -0.25) is 4.79 Å². The van der Waals surface area contributed by atoms with E-state index in [1.165, 1.54) is 25.7 Å². The molecule has 0 aromatic carbocycles. The van der Waals surface area contributed by atoms with Gasteiger partial charge in [0.2, 0.25) is 0 Å². The molecule has 1 N–H and O–H groups in total. The van der Waals surface area contributed by atoms with E-state index in [-0.39, 0.29) is 18.4 Å². The molecule has 2 amide bonds. The average molecular weight is 294 g/mol. The fraction of sp³-hybridized carbons (Fsp3) is 0.875. The van der Waals surface area contributed by atoms with Crippen LogP contribution >= 0.6 is 0 Å². The first-order chi connectivity index (χ1) is 10.1. The van der Waals surface area contributed by atoms with Crippen LogP contribution in [-0.2, 0) is 4.79 Å². The summed E-state index contributed by atoms with van der Waals surface area (Å²) >= 11 is 0. The van der Waals surface area contributed by atoms with Crippen molar-refractivity contribution >= 4 is 12.0 Å². The normalized spacial score (nSPS) is 32.9. The van der Waals surface area contributed by atoms with Crippen LogP contribution in [0.25, 0.3) is 0 Å². The van der Waals surface area contributed by atoms with Crippen molar-refractivity contribution in [2.24, 2.45) is 17.8 Å². The van der Waals surface area contributed by atoms with E-state index in [9.17, 15) is 9.59 Å². The Bertz CT molecular complexity index is 412. The molecule has 0 spiro atoms. The number of carboxylic acids is 1. The molecule has 1 aliphatic carbocycles. The monoisotopic (exact) mass is 294 g/mol. The van der Waals surface area contributed by atoms with Crippen LogP contribution in [-0.4, -0.2) is 53.1 Å². The van der Waals surface area contributed by atoms with Gasteiger partial charge in [0.05, 0.1) is 0 Å². The Morgan fingerprint density at radius 2 is 1.57 bits per heavy atom. The van der Waals surface area contributed by atoms with Crippen molar-refractivity contribution in [1.82, 2.24) is 9.80 Å². The number of urea groups is 1. The first kappa shape index (κ1) is 14.7. The molecule has 2 saturated heterocycles. The maximum Gasteiger partial charge on any atom is 0.320 e. The van der Waals surface area contributed by atoms with Gasteiger partial charge in [0.25, 0.3) is 0 Å². The smallest absolute Gasteiger partial charge is 0.320 e. The maximum absolute atomic E-state index is 12.6. The Balaban J connectivity index is 1.53. The summed E-state index contributed by atoms with van der Waals surface area (Å²) in [6.45, 7) is 3.15. The van der Waals surface area contributed by atoms with Crippen molar-refractivity contribution in [1.29, 1.82) is 0 Å². The third kappa shape index (κ3) is 3.33. The molecule has 2 aliphatic heterocycles. The molecule has 21 heavy (non-hydrogen) atoms. The Kier molecular flexibility index (Phi) is 4.36. The highest BCUT2D eigenvalue weighted by atomic mass is 16.4. The van der Waals surface area contributed by atoms with Crippen LogP contribution in [0.4, 0.5) is 4.79 Å². The van der Waals surface area contributed by atoms with Crippen molar-refractivity contribution < 1.29 is 14.7 Å². The molecule has 0 aromatic heterocycles. The number of nitrogens with zero attached hydrogens (tertiary/aromatic N) is 2. The maximum atomic E-state index is 12.6. The lowest BCUT2D eigenvalue weighted by Crippen LogP contribution is -2.49. The zero-order chi connectivity index (χ0) is 14.8. The highest BCUT2D eigenvalue weighted by Crippen LogP contribution is 2.36. The first-order valence-corrected chi connectivity index (χ1v) is 8.39. The summed E-state index contributed by atoms with van der Waals surface area (Å²) in [6.07, 6.45) is 7.47. The van der Waals surface area contributed by atoms with Crippen molar-refractivity contribution in [2.45, 2.75) is 44.9 Å². The molecule has 1 saturated carbocycles. The van der Waals surface area contributed by atoms with Gasteiger partial charge in [-0.2, -0.15) is 0 Å². The SMILES string of the molecule is O=C(O)CC1CCN(C(=O)N2CCC3CCCCC3C2)C1. The van der Waals surface area contributed by atoms with Crippen molar-refractivity contribution in [3.05, 3.63) is 0 Å². The number of carbonyl (C=O) groups excluding carboxylic acids is 1. The predicted molar refractivity (Wildman–Crippen MR) is 79.0 cm³/mol. The van der Waals surface area contributed by atoms with Gasteiger partial charge < -0.3 is 14.9 Å². The van der Waals surface area contributed by atoms with Gasteiger partial charge in [0.1, 0.15) is 0 Å². The van der Waals surface area contributed by atoms with Crippen molar-refractivity contribution in [2.75, 3.05) is 26.2 Å². The minimum absolute atomic E-state index is 0.138. The van der Waals surface area contributed by atoms with E-state index in [4.69, 9.17) is 5.11 Å². The van der Waals surface area contributed by atoms with Crippen LogP contribution in [0.2, 0.25) is 0 Å². The lowest BCUT2D eigenvalue weighted by Gasteiger charge is -2.42. The van der Waals surface area contributed by atoms with Crippen LogP contribution in [0.1, 0.15) is 44.9 Å². The number of amides is 2. The van der Waals surface area contributed by atoms with Crippen LogP contribution in [0, 0.1) is 17.8 Å². The average Bonchev–Trinajstić information content (AvgIpc) is 2.93. The second-order valence-electron chi connectivity index (χ2n) is 7.02. The minimum Gasteiger partial charge on any atom is -0.481 e. The van der Waals surface area contributed by atoms with Crippen LogP contribution < -0.4 is 0 Å². The van der Waals surface area contributed by atoms with Crippen LogP contribution in [0.5, 0.6) is 0 Å². The molecule has 3 fully saturated rings. The number of hydrogen-bond donors (Lipinski definition) is 1. The lowest BCUT2D eigenvalue weighted by atomic mass is 9.75. The molecule has 118 valence electrons. The molecule has 3 rings (SSSR count). The quantitative estimate of drug-likeness (QED) is 0.851. The van der Waals surface area contributed by atoms with Crippen molar-refractivity contribution in [3.63, 3.8) is 0 Å². The molecule has 5 heteroatoms. The first-order valence-electron chi connectivity index (χ1n) is 8.39. The number of aliphatic carboxylic acids is 1. The van der Waals surface area contributed by atoms with Gasteiger partial charge in [-0.15, -0.1) is 0 Å². The van der Waals surface area contributed by atoms with E-state index in [1.54, 1.807) is 0 Å². The standard InChI is InChI=1S/C16H26N2O3/c19-15(20)9-12-5-7-17(10-12)16(21)18-8-6-13-3-1-2-4-14(13)11-18/h12-14H,1-11H2,(H,19,20). The lowest BCUT2D eigenvalue weighted by molar-refractivity contribution is -0.138. The second-order valence-corrected chi connectivity index (χ2v) is 7.02. The number of carbonyl (C=O) groups is 2. The third-order valence-corrected chi connectivity index (χ3v) is 5.58. The summed E-state index contributed by atoms with van der Waals surface area (Å²) in [5.41, 5.74) is 0. The number of piperidine rings is 1. The zero-order valence-electron chi connectivity index (χ0n) is 12.7. The molecule has 0 bridgehead atoms. The summed E-state index contributed by atoms with van der Waals surface area (Å²) in [5, 5.41) is 8.86. The molecule has 3 atom stereocenters. The molecular formula is C16H26N2O3. The van der Waals surface area contributed by atoms with Crippen LogP contribution in [0.3, 0.4) is 0 Å². The van der Waals surface area contributed by atoms with E-state index >= 15 is 0 Å². The zero-order valence-corrected chi connectivity index (χ0v) is 12.7. The van der Waals surface area contributed by atoms with E-state index in [1.807, 2.05) is 9.80 Å². The Labute approximate surface area is 126 Å². The number of hydrogen-bond acceptors (Lipinski definition) is 2. The molecule has 3 unspecified atom stereocenters. The fourth-order valence-electron chi connectivity index (χ4n) is 4.39. The van der Waals surface area contributed by atoms with E-state index in [0.717, 1.165) is 38.4 Å². The van der Waals surface area contributed by atoms with E-state index in [0.29, 0.717) is 12.5 Å². The molecule has 5 nitrogen and oxygen atoms in total. The van der Waals surface area contributed by atoms with Crippen LogP contribution in [0.15, 0.2) is 0 Å². The van der Waals surface area contributed by atoms with Gasteiger partial charge in [-0.25, -0.2) is 4.79 Å². The summed E-state index contributed by atoms with van der Waals surface area (Å²) in [6, 6.07) is 0.145. The van der Waals surface area contributed by atoms with E-state index < -0.39 is 5.97 Å². The van der Waals surface area contributed by atoms with Gasteiger partial charge in [0.15, 0.2) is 0 Å². The molecule has 0 radical (unpaired) electrons. The summed E-state index contributed by atoms with van der Waals surface area (Å²) < 4.78 is 0. The number of rotatable bonds is 2. The van der Waals surface area contributed by atoms with Gasteiger partial charge in [-0.05, 0) is 37.0 Å². The highest BCUT2D eigenvalue weighted by Gasteiger charge is 2.36. The highest BCUT2D eigenvalue weighted by molar-refractivity contribution is 5.75. The van der Waals surface area contributed by atoms with Gasteiger partial charge in [0, 0.05) is 32.6 Å². The Hall–Kier alpha value is -1.26. The summed E-state index contributed by atoms with van der Waals surface area (Å²) in [4.78, 5) is 27.3. The molecular weight excluding hydrogens is 268 g/mol. The fourth-order valence-corrected chi connectivity index (χ4v) is 4.39. The number of carboxylic acid groups (broad SMARTS) is 1. The molecule has 3 aliphatic rings. The minimum atomic E-state index is -0.752. The second kappa shape index (κ2) is 6.24. The molecule has 0 aromatic rings. The van der Waals surface area contributed by atoms with Gasteiger partial charge in [-0.1, -0.05) is 19.3 Å². The third-order valence-electron chi connectivity index (χ3n) is 5.58. The topological polar surface area (TPSA) is 60.9 Å². The number of fused-ring (bicyclic) bond motifs is 1. The Morgan fingerprint density at radius 1 is 0.905 bits per heavy atom. The number of likely N-dealkylation sites (tertiary alicyclic amines) is 2. The Morgan fingerprint density at radius 3 is 2.33 bits per heavy atom. The summed E-state index contributed by atoms with van der Waals surface area (Å²) in [5.74, 6) is 0.922. The molecule has 2 heterocycles. The van der Waals surface area contributed by atoms with Crippen molar-refractivity contribution in [3.8, 4) is 0 Å². The summed E-state index contributed by atoms with van der Waals surface area (Å²) in [7, 11) is 0. The van der Waals surface area contributed by atoms with Gasteiger partial charge >= 0.3 is 12.0 Å². The van der Waals surface area contributed by atoms with E-state index in [2.05, 4.69) is 0 Å². The largest absolute Gasteiger partial charge is 0.481 e.